The SMILES string of the molecule is CCc1nnc(OCc2ccc(N)cc2)nc1CC. The van der Waals surface area contributed by atoms with Crippen molar-refractivity contribution in [3.63, 3.8) is 0 Å². The number of rotatable bonds is 5. The van der Waals surface area contributed by atoms with E-state index < -0.39 is 0 Å². The van der Waals surface area contributed by atoms with Gasteiger partial charge in [-0.05, 0) is 30.5 Å². The Labute approximate surface area is 112 Å². The molecule has 2 aromatic rings. The van der Waals surface area contributed by atoms with Gasteiger partial charge < -0.3 is 10.5 Å². The minimum Gasteiger partial charge on any atom is -0.458 e. The first-order valence-corrected chi connectivity index (χ1v) is 6.42. The van der Waals surface area contributed by atoms with Crippen LogP contribution >= 0.6 is 0 Å². The van der Waals surface area contributed by atoms with E-state index in [0.717, 1.165) is 35.5 Å². The molecule has 100 valence electrons. The number of nitrogens with two attached hydrogens (primary N) is 1. The van der Waals surface area contributed by atoms with E-state index in [-0.39, 0.29) is 0 Å². The quantitative estimate of drug-likeness (QED) is 0.832. The van der Waals surface area contributed by atoms with Crippen molar-refractivity contribution in [2.75, 3.05) is 5.73 Å². The van der Waals surface area contributed by atoms with Crippen LogP contribution in [0.15, 0.2) is 24.3 Å². The van der Waals surface area contributed by atoms with E-state index >= 15 is 0 Å². The van der Waals surface area contributed by atoms with Crippen molar-refractivity contribution < 1.29 is 4.74 Å². The van der Waals surface area contributed by atoms with Gasteiger partial charge in [0.15, 0.2) is 0 Å². The summed E-state index contributed by atoms with van der Waals surface area (Å²) >= 11 is 0. The fourth-order valence-corrected chi connectivity index (χ4v) is 1.74. The number of benzene rings is 1. The lowest BCUT2D eigenvalue weighted by Crippen LogP contribution is -2.06. The molecule has 0 saturated heterocycles. The molecule has 1 heterocycles. The van der Waals surface area contributed by atoms with Gasteiger partial charge in [-0.25, -0.2) is 0 Å². The van der Waals surface area contributed by atoms with Crippen LogP contribution in [0, 0.1) is 0 Å². The van der Waals surface area contributed by atoms with E-state index in [4.69, 9.17) is 10.5 Å². The van der Waals surface area contributed by atoms with Gasteiger partial charge in [0.2, 0.25) is 0 Å². The van der Waals surface area contributed by atoms with Crippen LogP contribution in [-0.4, -0.2) is 15.2 Å². The van der Waals surface area contributed by atoms with E-state index in [1.165, 1.54) is 0 Å². The minimum absolute atomic E-state index is 0.325. The van der Waals surface area contributed by atoms with Crippen molar-refractivity contribution in [2.45, 2.75) is 33.3 Å². The lowest BCUT2D eigenvalue weighted by atomic mass is 10.2. The maximum absolute atomic E-state index is 5.63. The van der Waals surface area contributed by atoms with Crippen LogP contribution in [0.4, 0.5) is 5.69 Å². The van der Waals surface area contributed by atoms with Crippen molar-refractivity contribution in [1.82, 2.24) is 15.2 Å². The molecule has 0 aliphatic heterocycles. The van der Waals surface area contributed by atoms with Gasteiger partial charge in [0.05, 0.1) is 11.4 Å². The molecule has 2 N–H and O–H groups in total. The molecular weight excluding hydrogens is 240 g/mol. The molecule has 0 spiro atoms. The Morgan fingerprint density at radius 2 is 1.68 bits per heavy atom. The Balaban J connectivity index is 2.05. The summed E-state index contributed by atoms with van der Waals surface area (Å²) in [5, 5.41) is 8.12. The second-order valence-corrected chi connectivity index (χ2v) is 4.23. The number of ether oxygens (including phenoxy) is 1. The summed E-state index contributed by atoms with van der Waals surface area (Å²) in [7, 11) is 0. The summed E-state index contributed by atoms with van der Waals surface area (Å²) in [6.45, 7) is 4.50. The first-order chi connectivity index (χ1) is 9.22. The first kappa shape index (κ1) is 13.3. The molecule has 0 aliphatic carbocycles. The molecular formula is C14H18N4O. The Hall–Kier alpha value is -2.17. The normalized spacial score (nSPS) is 10.4. The summed E-state index contributed by atoms with van der Waals surface area (Å²) in [4.78, 5) is 4.37. The highest BCUT2D eigenvalue weighted by Gasteiger charge is 2.07. The lowest BCUT2D eigenvalue weighted by Gasteiger charge is -2.07. The van der Waals surface area contributed by atoms with Crippen molar-refractivity contribution >= 4 is 5.69 Å². The summed E-state index contributed by atoms with van der Waals surface area (Å²) in [6.07, 6.45) is 1.67. The highest BCUT2D eigenvalue weighted by Crippen LogP contribution is 2.11. The molecule has 0 atom stereocenters. The van der Waals surface area contributed by atoms with E-state index in [9.17, 15) is 0 Å². The number of aryl methyl sites for hydroxylation is 2. The number of nitrogens with zero attached hydrogens (tertiary/aromatic N) is 3. The number of nitrogen functional groups attached to an aromatic ring is 1. The van der Waals surface area contributed by atoms with E-state index in [1.807, 2.05) is 38.1 Å². The molecule has 19 heavy (non-hydrogen) atoms. The fraction of sp³-hybridized carbons (Fsp3) is 0.357. The van der Waals surface area contributed by atoms with Crippen LogP contribution in [0.1, 0.15) is 30.8 Å². The fourth-order valence-electron chi connectivity index (χ4n) is 1.74. The number of hydrogen-bond donors (Lipinski definition) is 1. The van der Waals surface area contributed by atoms with Crippen molar-refractivity contribution in [1.29, 1.82) is 0 Å². The van der Waals surface area contributed by atoms with Gasteiger partial charge in [-0.15, -0.1) is 5.10 Å². The average Bonchev–Trinajstić information content (AvgIpc) is 2.46. The van der Waals surface area contributed by atoms with Gasteiger partial charge in [0.25, 0.3) is 0 Å². The number of anilines is 1. The molecule has 0 amide bonds. The van der Waals surface area contributed by atoms with Crippen LogP contribution in [0.5, 0.6) is 6.01 Å². The zero-order valence-corrected chi connectivity index (χ0v) is 11.3. The maximum Gasteiger partial charge on any atom is 0.336 e. The van der Waals surface area contributed by atoms with Crippen LogP contribution in [-0.2, 0) is 19.4 Å². The van der Waals surface area contributed by atoms with Crippen molar-refractivity contribution in [2.24, 2.45) is 0 Å². The Morgan fingerprint density at radius 3 is 2.32 bits per heavy atom. The standard InChI is InChI=1S/C14H18N4O/c1-3-12-13(4-2)17-18-14(16-12)19-9-10-5-7-11(15)8-6-10/h5-8H,3-4,9,15H2,1-2H3. The van der Waals surface area contributed by atoms with Gasteiger partial charge >= 0.3 is 6.01 Å². The molecule has 0 saturated carbocycles. The molecule has 1 aromatic carbocycles. The van der Waals surface area contributed by atoms with Crippen molar-refractivity contribution in [3.8, 4) is 6.01 Å². The van der Waals surface area contributed by atoms with Gasteiger partial charge in [-0.3, -0.25) is 0 Å². The highest BCUT2D eigenvalue weighted by molar-refractivity contribution is 5.39. The minimum atomic E-state index is 0.325. The zero-order chi connectivity index (χ0) is 13.7. The predicted molar refractivity (Wildman–Crippen MR) is 73.8 cm³/mol. The molecule has 5 heteroatoms. The highest BCUT2D eigenvalue weighted by atomic mass is 16.5. The monoisotopic (exact) mass is 258 g/mol. The van der Waals surface area contributed by atoms with E-state index in [0.29, 0.717) is 12.6 Å². The van der Waals surface area contributed by atoms with Crippen LogP contribution in [0.25, 0.3) is 0 Å². The molecule has 0 aliphatic rings. The summed E-state index contributed by atoms with van der Waals surface area (Å²) in [5.74, 6) is 0. The molecule has 1 aromatic heterocycles. The molecule has 0 fully saturated rings. The number of aromatic nitrogens is 3. The summed E-state index contributed by atoms with van der Waals surface area (Å²) in [6, 6.07) is 7.85. The molecule has 5 nitrogen and oxygen atoms in total. The smallest absolute Gasteiger partial charge is 0.336 e. The summed E-state index contributed by atoms with van der Waals surface area (Å²) in [5.41, 5.74) is 9.27. The second-order valence-electron chi connectivity index (χ2n) is 4.23. The second kappa shape index (κ2) is 6.13. The average molecular weight is 258 g/mol. The largest absolute Gasteiger partial charge is 0.458 e. The van der Waals surface area contributed by atoms with Gasteiger partial charge in [-0.2, -0.15) is 4.98 Å². The Bertz CT molecular complexity index is 540. The Kier molecular flexibility index (Phi) is 4.28. The van der Waals surface area contributed by atoms with Gasteiger partial charge in [0.1, 0.15) is 6.61 Å². The third-order valence-corrected chi connectivity index (χ3v) is 2.84. The molecule has 0 unspecified atom stereocenters. The maximum atomic E-state index is 5.63. The predicted octanol–water partition coefficient (Wildman–Crippen LogP) is 2.16. The third kappa shape index (κ3) is 3.40. The van der Waals surface area contributed by atoms with Gasteiger partial charge in [0, 0.05) is 5.69 Å². The van der Waals surface area contributed by atoms with Gasteiger partial charge in [-0.1, -0.05) is 31.1 Å². The topological polar surface area (TPSA) is 73.9 Å². The number of hydrogen-bond acceptors (Lipinski definition) is 5. The van der Waals surface area contributed by atoms with Crippen LogP contribution in [0.3, 0.4) is 0 Å². The zero-order valence-electron chi connectivity index (χ0n) is 11.3. The third-order valence-electron chi connectivity index (χ3n) is 2.84. The van der Waals surface area contributed by atoms with Crippen LogP contribution in [0.2, 0.25) is 0 Å². The molecule has 0 radical (unpaired) electrons. The first-order valence-electron chi connectivity index (χ1n) is 6.42. The molecule has 0 bridgehead atoms. The summed E-state index contributed by atoms with van der Waals surface area (Å²) < 4.78 is 5.55. The van der Waals surface area contributed by atoms with Crippen LogP contribution < -0.4 is 10.5 Å². The molecule has 2 rings (SSSR count). The van der Waals surface area contributed by atoms with E-state index in [2.05, 4.69) is 15.2 Å². The lowest BCUT2D eigenvalue weighted by molar-refractivity contribution is 0.275. The van der Waals surface area contributed by atoms with E-state index in [1.54, 1.807) is 0 Å². The Morgan fingerprint density at radius 1 is 1.00 bits per heavy atom. The van der Waals surface area contributed by atoms with Crippen molar-refractivity contribution in [3.05, 3.63) is 41.2 Å².